The van der Waals surface area contributed by atoms with Crippen molar-refractivity contribution in [1.82, 2.24) is 9.80 Å². The van der Waals surface area contributed by atoms with Crippen molar-refractivity contribution in [3.05, 3.63) is 25.3 Å². The van der Waals surface area contributed by atoms with E-state index in [1.807, 2.05) is 4.90 Å². The van der Waals surface area contributed by atoms with E-state index in [9.17, 15) is 14.4 Å². The Morgan fingerprint density at radius 1 is 1.16 bits per heavy atom. The van der Waals surface area contributed by atoms with E-state index in [4.69, 9.17) is 14.6 Å². The predicted molar refractivity (Wildman–Crippen MR) is 146 cm³/mol. The number of unbranched alkanes of at least 4 members (excludes halogenated alkanes) is 3. The van der Waals surface area contributed by atoms with Gasteiger partial charge in [0, 0.05) is 25.2 Å². The smallest absolute Gasteiger partial charge is 0.312 e. The van der Waals surface area contributed by atoms with Crippen LogP contribution in [-0.2, 0) is 23.9 Å². The molecule has 2 bridgehead atoms. The Morgan fingerprint density at radius 3 is 2.45 bits per heavy atom. The summed E-state index contributed by atoms with van der Waals surface area (Å²) < 4.78 is 11.9. The molecular weight excluding hydrogens is 484 g/mol. The van der Waals surface area contributed by atoms with E-state index in [1.165, 1.54) is 6.08 Å². The second-order valence-electron chi connectivity index (χ2n) is 12.9. The molecule has 1 spiro atoms. The van der Waals surface area contributed by atoms with Crippen molar-refractivity contribution in [3.8, 4) is 0 Å². The van der Waals surface area contributed by atoms with Gasteiger partial charge in [0.15, 0.2) is 0 Å². The first kappa shape index (κ1) is 30.4. The number of aliphatic hydroxyl groups is 1. The summed E-state index contributed by atoms with van der Waals surface area (Å²) in [5, 5.41) is 9.14. The molecule has 0 aromatic carbocycles. The van der Waals surface area contributed by atoms with Gasteiger partial charge in [0.2, 0.25) is 11.8 Å². The van der Waals surface area contributed by atoms with Crippen molar-refractivity contribution >= 4 is 17.8 Å². The standard InChI is InChI=1S/C30H48N2O6/c1-8-16-32(29(6,7)20-28(3,4)5)26(35)24-30-15-14-21(38-30)22(27(36)37-19-9-2)23(30)25(34)31(24)17-12-10-11-13-18-33/h8-9,21-24,33H,1-2,10-20H2,3-7H3/t21-,22+,23-,24?,30?/m0/s1. The summed E-state index contributed by atoms with van der Waals surface area (Å²) in [6.07, 6.45) is 7.83. The zero-order valence-corrected chi connectivity index (χ0v) is 24.0. The van der Waals surface area contributed by atoms with Crippen LogP contribution in [0.3, 0.4) is 0 Å². The molecule has 0 radical (unpaired) electrons. The topological polar surface area (TPSA) is 96.4 Å². The Labute approximate surface area is 228 Å². The number of ether oxygens (including phenoxy) is 2. The van der Waals surface area contributed by atoms with Crippen LogP contribution in [0.4, 0.5) is 0 Å². The summed E-state index contributed by atoms with van der Waals surface area (Å²) in [7, 11) is 0. The predicted octanol–water partition coefficient (Wildman–Crippen LogP) is 3.87. The summed E-state index contributed by atoms with van der Waals surface area (Å²) in [6.45, 7) is 19.1. The van der Waals surface area contributed by atoms with E-state index in [-0.39, 0.29) is 30.4 Å². The molecule has 8 nitrogen and oxygen atoms in total. The van der Waals surface area contributed by atoms with E-state index >= 15 is 0 Å². The molecule has 1 N–H and O–H groups in total. The number of likely N-dealkylation sites (tertiary alicyclic amines) is 1. The lowest BCUT2D eigenvalue weighted by Gasteiger charge is -2.45. The van der Waals surface area contributed by atoms with Crippen LogP contribution in [0, 0.1) is 17.3 Å². The van der Waals surface area contributed by atoms with Crippen molar-refractivity contribution in [1.29, 1.82) is 0 Å². The SMILES string of the molecule is C=CCOC(=O)[C@@H]1[C@@H]2CCC3(O2)C(C(=O)N(CC=C)C(C)(C)CC(C)(C)C)N(CCCCCCO)C(=O)[C@H]13. The van der Waals surface area contributed by atoms with Gasteiger partial charge < -0.3 is 24.4 Å². The fraction of sp³-hybridized carbons (Fsp3) is 0.767. The van der Waals surface area contributed by atoms with E-state index < -0.39 is 41.1 Å². The van der Waals surface area contributed by atoms with Gasteiger partial charge in [-0.05, 0) is 51.4 Å². The lowest BCUT2D eigenvalue weighted by atomic mass is 9.70. The number of fused-ring (bicyclic) bond motifs is 1. The quantitative estimate of drug-likeness (QED) is 0.207. The maximum atomic E-state index is 14.6. The van der Waals surface area contributed by atoms with E-state index in [1.54, 1.807) is 11.0 Å². The van der Waals surface area contributed by atoms with Crippen molar-refractivity contribution in [3.63, 3.8) is 0 Å². The average Bonchev–Trinajstić information content (AvgIpc) is 3.46. The first-order valence-corrected chi connectivity index (χ1v) is 14.1. The molecule has 0 saturated carbocycles. The molecule has 3 heterocycles. The number of carbonyl (C=O) groups excluding carboxylic acids is 3. The molecule has 38 heavy (non-hydrogen) atoms. The summed E-state index contributed by atoms with van der Waals surface area (Å²) in [5.74, 6) is -2.25. The second-order valence-corrected chi connectivity index (χ2v) is 12.9. The van der Waals surface area contributed by atoms with Crippen LogP contribution in [0.25, 0.3) is 0 Å². The van der Waals surface area contributed by atoms with Crippen LogP contribution in [0.2, 0.25) is 0 Å². The van der Waals surface area contributed by atoms with Gasteiger partial charge in [-0.3, -0.25) is 14.4 Å². The Balaban J connectivity index is 1.99. The van der Waals surface area contributed by atoms with Crippen LogP contribution >= 0.6 is 0 Å². The molecule has 214 valence electrons. The third-order valence-electron chi connectivity index (χ3n) is 8.23. The highest BCUT2D eigenvalue weighted by atomic mass is 16.6. The maximum absolute atomic E-state index is 14.6. The van der Waals surface area contributed by atoms with Crippen LogP contribution in [0.1, 0.15) is 79.6 Å². The van der Waals surface area contributed by atoms with Gasteiger partial charge >= 0.3 is 5.97 Å². The Kier molecular flexibility index (Phi) is 9.51. The molecule has 0 aliphatic carbocycles. The zero-order chi connectivity index (χ0) is 28.3. The van der Waals surface area contributed by atoms with Gasteiger partial charge in [-0.15, -0.1) is 6.58 Å². The fourth-order valence-electron chi connectivity index (χ4n) is 7.23. The van der Waals surface area contributed by atoms with Crippen LogP contribution in [0.15, 0.2) is 25.3 Å². The number of hydrogen-bond acceptors (Lipinski definition) is 6. The monoisotopic (exact) mass is 532 g/mol. The largest absolute Gasteiger partial charge is 0.461 e. The van der Waals surface area contributed by atoms with Crippen molar-refractivity contribution < 1.29 is 29.0 Å². The highest BCUT2D eigenvalue weighted by Crippen LogP contribution is 2.59. The van der Waals surface area contributed by atoms with Gasteiger partial charge in [-0.25, -0.2) is 0 Å². The molecule has 2 unspecified atom stereocenters. The van der Waals surface area contributed by atoms with E-state index in [0.717, 1.165) is 19.3 Å². The van der Waals surface area contributed by atoms with Crippen molar-refractivity contribution in [2.75, 3.05) is 26.3 Å². The van der Waals surface area contributed by atoms with Gasteiger partial charge in [-0.2, -0.15) is 0 Å². The van der Waals surface area contributed by atoms with Crippen LogP contribution < -0.4 is 0 Å². The minimum absolute atomic E-state index is 0.0236. The number of carbonyl (C=O) groups is 3. The fourth-order valence-corrected chi connectivity index (χ4v) is 7.23. The summed E-state index contributed by atoms with van der Waals surface area (Å²) in [4.78, 5) is 45.2. The Morgan fingerprint density at radius 2 is 1.84 bits per heavy atom. The van der Waals surface area contributed by atoms with Gasteiger partial charge in [-0.1, -0.05) is 52.3 Å². The summed E-state index contributed by atoms with van der Waals surface area (Å²) >= 11 is 0. The van der Waals surface area contributed by atoms with E-state index in [2.05, 4.69) is 47.8 Å². The first-order chi connectivity index (χ1) is 17.8. The van der Waals surface area contributed by atoms with Crippen LogP contribution in [-0.4, -0.2) is 82.3 Å². The summed E-state index contributed by atoms with van der Waals surface area (Å²) in [6, 6.07) is -0.806. The van der Waals surface area contributed by atoms with Crippen molar-refractivity contribution in [2.24, 2.45) is 17.3 Å². The maximum Gasteiger partial charge on any atom is 0.312 e. The van der Waals surface area contributed by atoms with E-state index in [0.29, 0.717) is 38.8 Å². The molecule has 3 aliphatic rings. The molecule has 5 atom stereocenters. The molecule has 2 amide bonds. The average molecular weight is 533 g/mol. The number of hydrogen-bond donors (Lipinski definition) is 1. The molecule has 0 aromatic heterocycles. The lowest BCUT2D eigenvalue weighted by Crippen LogP contribution is -2.61. The molecule has 0 aromatic rings. The number of aliphatic hydroxyl groups excluding tert-OH is 1. The van der Waals surface area contributed by atoms with Crippen LogP contribution in [0.5, 0.6) is 0 Å². The van der Waals surface area contributed by atoms with Gasteiger partial charge in [0.1, 0.15) is 18.2 Å². The first-order valence-electron chi connectivity index (χ1n) is 14.1. The zero-order valence-electron chi connectivity index (χ0n) is 24.0. The highest BCUT2D eigenvalue weighted by Gasteiger charge is 2.75. The Bertz CT molecular complexity index is 909. The minimum Gasteiger partial charge on any atom is -0.461 e. The third-order valence-corrected chi connectivity index (χ3v) is 8.23. The van der Waals surface area contributed by atoms with Gasteiger partial charge in [0.05, 0.1) is 17.9 Å². The number of amides is 2. The number of nitrogens with zero attached hydrogens (tertiary/aromatic N) is 2. The molecule has 3 rings (SSSR count). The highest BCUT2D eigenvalue weighted by molar-refractivity contribution is 5.98. The number of rotatable bonds is 14. The van der Waals surface area contributed by atoms with Gasteiger partial charge in [0.25, 0.3) is 0 Å². The molecular formula is C30H48N2O6. The molecule has 8 heteroatoms. The lowest BCUT2D eigenvalue weighted by molar-refractivity contribution is -0.155. The van der Waals surface area contributed by atoms with Crippen molar-refractivity contribution in [2.45, 2.75) is 103 Å². The Hall–Kier alpha value is -2.19. The molecule has 3 fully saturated rings. The minimum atomic E-state index is -1.04. The number of esters is 1. The molecule has 3 aliphatic heterocycles. The third kappa shape index (κ3) is 5.86. The molecule has 3 saturated heterocycles. The normalized spacial score (nSPS) is 28.4. The summed E-state index contributed by atoms with van der Waals surface area (Å²) in [5.41, 5.74) is -1.56. The second kappa shape index (κ2) is 11.9.